The van der Waals surface area contributed by atoms with E-state index in [4.69, 9.17) is 11.6 Å². The van der Waals surface area contributed by atoms with Crippen LogP contribution < -0.4 is 0 Å². The van der Waals surface area contributed by atoms with Crippen LogP contribution in [-0.4, -0.2) is 10.0 Å². The number of halogens is 1. The molecule has 27 heavy (non-hydrogen) atoms. The molecule has 0 saturated carbocycles. The normalized spacial score (nSPS) is 12.5. The number of hydrogen-bond donors (Lipinski definition) is 1. The number of benzene rings is 2. The summed E-state index contributed by atoms with van der Waals surface area (Å²) in [6, 6.07) is 9.36. The summed E-state index contributed by atoms with van der Waals surface area (Å²) in [4.78, 5) is 10.6. The highest BCUT2D eigenvalue weighted by molar-refractivity contribution is 6.30. The molecule has 7 heteroatoms. The molecule has 0 unspecified atom stereocenters. The molecule has 0 atom stereocenters. The number of phenolic OH excluding ortho intramolecular Hbond substituents is 1. The van der Waals surface area contributed by atoms with Crippen LogP contribution in [0.25, 0.3) is 0 Å². The number of nitrogens with zero attached hydrogens (tertiary/aromatic N) is 3. The van der Waals surface area contributed by atoms with Crippen molar-refractivity contribution in [3.63, 3.8) is 0 Å². The van der Waals surface area contributed by atoms with Gasteiger partial charge in [0.2, 0.25) is 0 Å². The van der Waals surface area contributed by atoms with E-state index >= 15 is 0 Å². The topological polar surface area (TPSA) is 88.1 Å². The summed E-state index contributed by atoms with van der Waals surface area (Å²) in [6.07, 6.45) is 0.935. The Hall–Kier alpha value is -2.47. The van der Waals surface area contributed by atoms with Crippen molar-refractivity contribution < 1.29 is 10.0 Å². The summed E-state index contributed by atoms with van der Waals surface area (Å²) in [5.74, 6) is -0.0364. The van der Waals surface area contributed by atoms with E-state index in [0.717, 1.165) is 12.0 Å². The summed E-state index contributed by atoms with van der Waals surface area (Å²) >= 11 is 5.81. The van der Waals surface area contributed by atoms with Gasteiger partial charge in [-0.25, -0.2) is 0 Å². The molecule has 0 aliphatic heterocycles. The molecule has 0 saturated heterocycles. The van der Waals surface area contributed by atoms with Crippen molar-refractivity contribution >= 4 is 28.7 Å². The van der Waals surface area contributed by atoms with Crippen LogP contribution in [0, 0.1) is 15.5 Å². The van der Waals surface area contributed by atoms with E-state index in [-0.39, 0.29) is 38.7 Å². The largest absolute Gasteiger partial charge is 0.506 e. The molecule has 1 N–H and O–H groups in total. The molecule has 0 bridgehead atoms. The van der Waals surface area contributed by atoms with Gasteiger partial charge >= 0.3 is 0 Å². The first-order valence-corrected chi connectivity index (χ1v) is 8.96. The van der Waals surface area contributed by atoms with Gasteiger partial charge in [0, 0.05) is 11.1 Å². The molecule has 0 heterocycles. The van der Waals surface area contributed by atoms with Gasteiger partial charge in [-0.3, -0.25) is 10.1 Å². The molecule has 0 aliphatic rings. The molecule has 0 spiro atoms. The van der Waals surface area contributed by atoms with Crippen molar-refractivity contribution in [2.75, 3.05) is 0 Å². The molecular weight excluding hydrogens is 366 g/mol. The van der Waals surface area contributed by atoms with Gasteiger partial charge in [0.05, 0.1) is 4.92 Å². The first-order valence-electron chi connectivity index (χ1n) is 8.58. The molecule has 0 radical (unpaired) electrons. The summed E-state index contributed by atoms with van der Waals surface area (Å²) < 4.78 is 0. The summed E-state index contributed by atoms with van der Waals surface area (Å²) in [5, 5.41) is 29.5. The predicted molar refractivity (Wildman–Crippen MR) is 107 cm³/mol. The van der Waals surface area contributed by atoms with Crippen molar-refractivity contribution in [1.82, 2.24) is 0 Å². The average Bonchev–Trinajstić information content (AvgIpc) is 2.52. The van der Waals surface area contributed by atoms with Gasteiger partial charge in [0.15, 0.2) is 5.69 Å². The Morgan fingerprint density at radius 3 is 2.26 bits per heavy atom. The second-order valence-corrected chi connectivity index (χ2v) is 8.85. The number of phenols is 1. The number of rotatable bonds is 5. The first-order chi connectivity index (χ1) is 12.4. The molecular formula is C20H24ClN3O3. The molecule has 0 aromatic heterocycles. The third kappa shape index (κ3) is 5.50. The molecule has 6 nitrogen and oxygen atoms in total. The second kappa shape index (κ2) is 7.64. The highest BCUT2D eigenvalue weighted by atomic mass is 35.5. The van der Waals surface area contributed by atoms with E-state index in [1.165, 1.54) is 18.2 Å². The Morgan fingerprint density at radius 2 is 1.67 bits per heavy atom. The zero-order valence-corrected chi connectivity index (χ0v) is 16.9. The fourth-order valence-electron chi connectivity index (χ4n) is 3.29. The van der Waals surface area contributed by atoms with Gasteiger partial charge < -0.3 is 5.11 Å². The van der Waals surface area contributed by atoms with E-state index in [9.17, 15) is 15.2 Å². The van der Waals surface area contributed by atoms with Gasteiger partial charge in [0.1, 0.15) is 11.4 Å². The van der Waals surface area contributed by atoms with Crippen LogP contribution in [0.15, 0.2) is 46.6 Å². The van der Waals surface area contributed by atoms with Crippen LogP contribution in [0.4, 0.5) is 17.1 Å². The van der Waals surface area contributed by atoms with Gasteiger partial charge in [-0.05, 0) is 47.1 Å². The highest BCUT2D eigenvalue weighted by Gasteiger charge is 2.28. The van der Waals surface area contributed by atoms with Gasteiger partial charge in [-0.2, -0.15) is 0 Å². The lowest BCUT2D eigenvalue weighted by atomic mass is 9.72. The van der Waals surface area contributed by atoms with Crippen LogP contribution in [0.2, 0.25) is 5.02 Å². The van der Waals surface area contributed by atoms with Crippen molar-refractivity contribution in [2.45, 2.75) is 46.5 Å². The molecule has 144 valence electrons. The van der Waals surface area contributed by atoms with Crippen molar-refractivity contribution in [3.8, 4) is 5.75 Å². The van der Waals surface area contributed by atoms with Gasteiger partial charge in [-0.15, -0.1) is 10.2 Å². The average molecular weight is 390 g/mol. The van der Waals surface area contributed by atoms with Crippen LogP contribution in [0.5, 0.6) is 5.75 Å². The second-order valence-electron chi connectivity index (χ2n) is 8.41. The Kier molecular flexibility index (Phi) is 5.90. The van der Waals surface area contributed by atoms with Crippen molar-refractivity contribution in [1.29, 1.82) is 0 Å². The Morgan fingerprint density at radius 1 is 1.04 bits per heavy atom. The monoisotopic (exact) mass is 389 g/mol. The quantitative estimate of drug-likeness (QED) is 0.336. The Balaban J connectivity index is 2.41. The lowest BCUT2D eigenvalue weighted by Gasteiger charge is -2.33. The molecule has 2 aromatic carbocycles. The first kappa shape index (κ1) is 20.8. The van der Waals surface area contributed by atoms with E-state index in [1.54, 1.807) is 12.1 Å². The molecule has 2 aromatic rings. The Bertz CT molecular complexity index is 887. The molecule has 0 aliphatic carbocycles. The maximum atomic E-state index is 11.2. The third-order valence-corrected chi connectivity index (χ3v) is 4.36. The zero-order valence-electron chi connectivity index (χ0n) is 16.2. The summed E-state index contributed by atoms with van der Waals surface area (Å²) in [7, 11) is 0. The number of aromatic hydroxyl groups is 1. The molecule has 0 fully saturated rings. The minimum Gasteiger partial charge on any atom is -0.506 e. The van der Waals surface area contributed by atoms with Gasteiger partial charge in [-0.1, -0.05) is 52.3 Å². The minimum absolute atomic E-state index is 0.0364. The summed E-state index contributed by atoms with van der Waals surface area (Å²) in [6.45, 7) is 10.8. The standard InChI is InChI=1S/C20H24ClN3O3/c1-19(2,3)12-20(4,5)13-6-9-18(25)16(10-13)23-22-15-8-7-14(21)11-17(15)24(26)27/h6-11,25H,12H2,1-5H3. The maximum Gasteiger partial charge on any atom is 0.298 e. The highest BCUT2D eigenvalue weighted by Crippen LogP contribution is 2.40. The van der Waals surface area contributed by atoms with Gasteiger partial charge in [0.25, 0.3) is 5.69 Å². The van der Waals surface area contributed by atoms with Crippen LogP contribution in [0.3, 0.4) is 0 Å². The predicted octanol–water partition coefficient (Wildman–Crippen LogP) is 7.08. The van der Waals surface area contributed by atoms with Crippen LogP contribution >= 0.6 is 11.6 Å². The number of nitro groups is 1. The number of azo groups is 1. The van der Waals surface area contributed by atoms with E-state index < -0.39 is 4.92 Å². The Labute approximate surface area is 164 Å². The zero-order chi connectivity index (χ0) is 20.4. The number of nitro benzene ring substituents is 1. The third-order valence-electron chi connectivity index (χ3n) is 4.13. The van der Waals surface area contributed by atoms with E-state index in [0.29, 0.717) is 0 Å². The molecule has 2 rings (SSSR count). The van der Waals surface area contributed by atoms with E-state index in [1.807, 2.05) is 6.07 Å². The van der Waals surface area contributed by atoms with Crippen molar-refractivity contribution in [3.05, 3.63) is 57.1 Å². The smallest absolute Gasteiger partial charge is 0.298 e. The lowest BCUT2D eigenvalue weighted by Crippen LogP contribution is -2.24. The van der Waals surface area contributed by atoms with Crippen LogP contribution in [0.1, 0.15) is 46.6 Å². The maximum absolute atomic E-state index is 11.2. The van der Waals surface area contributed by atoms with Crippen molar-refractivity contribution in [2.24, 2.45) is 15.6 Å². The van der Waals surface area contributed by atoms with Crippen LogP contribution in [-0.2, 0) is 5.41 Å². The lowest BCUT2D eigenvalue weighted by molar-refractivity contribution is -0.384. The minimum atomic E-state index is -0.567. The number of hydrogen-bond acceptors (Lipinski definition) is 5. The fourth-order valence-corrected chi connectivity index (χ4v) is 3.45. The SMILES string of the molecule is CC(C)(C)CC(C)(C)c1ccc(O)c(N=Nc2ccc(Cl)cc2[N+](=O)[O-])c1. The van der Waals surface area contributed by atoms with E-state index in [2.05, 4.69) is 44.8 Å². The summed E-state index contributed by atoms with van der Waals surface area (Å²) in [5.41, 5.74) is 1.10. The fraction of sp³-hybridized carbons (Fsp3) is 0.400. The molecule has 0 amide bonds.